The van der Waals surface area contributed by atoms with Gasteiger partial charge in [-0.25, -0.2) is 4.98 Å². The zero-order chi connectivity index (χ0) is 36.3. The van der Waals surface area contributed by atoms with Gasteiger partial charge in [0.25, 0.3) is 5.91 Å². The Bertz CT molecular complexity index is 1770. The van der Waals surface area contributed by atoms with Crippen molar-refractivity contribution in [2.24, 2.45) is 0 Å². The van der Waals surface area contributed by atoms with Gasteiger partial charge < -0.3 is 44.1 Å². The van der Waals surface area contributed by atoms with E-state index in [1.54, 1.807) is 27.4 Å². The van der Waals surface area contributed by atoms with E-state index in [-0.39, 0.29) is 17.4 Å². The second-order valence-electron chi connectivity index (χ2n) is 12.7. The topological polar surface area (TPSA) is 120 Å². The molecule has 51 heavy (non-hydrogen) atoms. The molecule has 1 fully saturated rings. The van der Waals surface area contributed by atoms with Gasteiger partial charge in [-0.15, -0.1) is 0 Å². The summed E-state index contributed by atoms with van der Waals surface area (Å²) in [6.45, 7) is 11.7. The average Bonchev–Trinajstić information content (AvgIpc) is 3.13. The summed E-state index contributed by atoms with van der Waals surface area (Å²) in [6, 6.07) is 15.2. The lowest BCUT2D eigenvalue weighted by Crippen LogP contribution is -2.44. The number of methoxy groups -OCH3 is 3. The number of aromatic nitrogens is 2. The lowest BCUT2D eigenvalue weighted by molar-refractivity contribution is 0.102. The molecule has 12 nitrogen and oxygen atoms in total. The number of amides is 1. The van der Waals surface area contributed by atoms with E-state index in [0.29, 0.717) is 41.0 Å². The number of carbonyl (C=O) groups is 1. The second-order valence-corrected chi connectivity index (χ2v) is 12.7. The fraction of sp³-hybridized carbons (Fsp3) is 0.410. The normalized spacial score (nSPS) is 13.4. The first-order chi connectivity index (χ1) is 24.7. The maximum absolute atomic E-state index is 13.8. The quantitative estimate of drug-likeness (QED) is 0.119. The number of aryl methyl sites for hydroxylation is 3. The van der Waals surface area contributed by atoms with Crippen molar-refractivity contribution in [3.8, 4) is 34.6 Å². The minimum absolute atomic E-state index is 0.0543. The molecule has 2 N–H and O–H groups in total. The maximum atomic E-state index is 13.8. The summed E-state index contributed by atoms with van der Waals surface area (Å²) in [7, 11) is 6.90. The van der Waals surface area contributed by atoms with E-state index < -0.39 is 5.91 Å². The third kappa shape index (κ3) is 9.59. The number of nitrogens with zero attached hydrogens (tertiary/aromatic N) is 4. The van der Waals surface area contributed by atoms with E-state index in [0.717, 1.165) is 74.4 Å². The number of nitrogens with one attached hydrogen (secondary N) is 2. The summed E-state index contributed by atoms with van der Waals surface area (Å²) < 4.78 is 29.6. The van der Waals surface area contributed by atoms with Crippen LogP contribution in [0.5, 0.6) is 34.6 Å². The Morgan fingerprint density at radius 3 is 2.29 bits per heavy atom. The predicted molar refractivity (Wildman–Crippen MR) is 200 cm³/mol. The molecule has 0 spiro atoms. The molecule has 1 aromatic heterocycles. The fourth-order valence-electron chi connectivity index (χ4n) is 5.98. The Morgan fingerprint density at radius 2 is 1.61 bits per heavy atom. The van der Waals surface area contributed by atoms with E-state index in [1.165, 1.54) is 6.20 Å². The number of benzene rings is 3. The van der Waals surface area contributed by atoms with Crippen molar-refractivity contribution in [2.45, 2.75) is 40.0 Å². The van der Waals surface area contributed by atoms with Gasteiger partial charge in [0.15, 0.2) is 23.0 Å². The molecule has 0 atom stereocenters. The molecule has 1 aliphatic heterocycles. The Balaban J connectivity index is 1.42. The van der Waals surface area contributed by atoms with Gasteiger partial charge in [-0.2, -0.15) is 4.98 Å². The monoisotopic (exact) mass is 698 g/mol. The molecular formula is C39H50N6O6. The standard InChI is InChI=1S/C39H50N6O6/c1-8-11-28-14-15-31(32(22-28)47-5)51-38-30(37(46)42-35-26(2)12-9-13-27(35)3)25-40-39(43-38)41-29-23-33(48-6)36(49-7)34(24-29)50-21-10-16-45-19-17-44(4)18-20-45/h9,12-15,22-25H,8,10-11,16-21H2,1-7H3,(H,42,46)(H,40,41,43). The summed E-state index contributed by atoms with van der Waals surface area (Å²) in [6.07, 6.45) is 4.20. The number of hydrogen-bond acceptors (Lipinski definition) is 11. The zero-order valence-electron chi connectivity index (χ0n) is 30.8. The number of ether oxygens (including phenoxy) is 5. The van der Waals surface area contributed by atoms with Crippen LogP contribution < -0.4 is 34.3 Å². The van der Waals surface area contributed by atoms with Gasteiger partial charge in [-0.3, -0.25) is 4.79 Å². The molecule has 0 saturated carbocycles. The van der Waals surface area contributed by atoms with Gasteiger partial charge in [0.2, 0.25) is 17.6 Å². The van der Waals surface area contributed by atoms with Crippen molar-refractivity contribution in [3.05, 3.63) is 77.0 Å². The third-order valence-electron chi connectivity index (χ3n) is 8.86. The number of anilines is 3. The number of piperazine rings is 1. The number of carbonyl (C=O) groups excluding carboxylic acids is 1. The Kier molecular flexibility index (Phi) is 12.9. The Labute approximate surface area is 301 Å². The van der Waals surface area contributed by atoms with E-state index in [4.69, 9.17) is 23.7 Å². The van der Waals surface area contributed by atoms with Crippen LogP contribution in [0.15, 0.2) is 54.7 Å². The Morgan fingerprint density at radius 1 is 0.882 bits per heavy atom. The molecule has 12 heteroatoms. The number of likely N-dealkylation sites (N-methyl/N-ethyl adjacent to an activating group) is 1. The minimum Gasteiger partial charge on any atom is -0.493 e. The molecule has 1 saturated heterocycles. The van der Waals surface area contributed by atoms with Crippen LogP contribution in [-0.4, -0.2) is 93.4 Å². The molecule has 4 aromatic rings. The van der Waals surface area contributed by atoms with Gasteiger partial charge >= 0.3 is 0 Å². The van der Waals surface area contributed by atoms with Crippen molar-refractivity contribution >= 4 is 23.2 Å². The lowest BCUT2D eigenvalue weighted by atomic mass is 10.1. The minimum atomic E-state index is -0.408. The van der Waals surface area contributed by atoms with Crippen LogP contribution in [0, 0.1) is 13.8 Å². The van der Waals surface area contributed by atoms with Crippen LogP contribution in [0.2, 0.25) is 0 Å². The molecule has 0 aliphatic carbocycles. The van der Waals surface area contributed by atoms with Crippen molar-refractivity contribution in [3.63, 3.8) is 0 Å². The average molecular weight is 699 g/mol. The highest BCUT2D eigenvalue weighted by molar-refractivity contribution is 6.06. The number of rotatable bonds is 16. The van der Waals surface area contributed by atoms with Crippen LogP contribution >= 0.6 is 0 Å². The summed E-state index contributed by atoms with van der Waals surface area (Å²) in [5.41, 5.74) is 4.46. The van der Waals surface area contributed by atoms with E-state index >= 15 is 0 Å². The van der Waals surface area contributed by atoms with Crippen LogP contribution in [-0.2, 0) is 6.42 Å². The number of hydrogen-bond donors (Lipinski definition) is 2. The van der Waals surface area contributed by atoms with E-state index in [2.05, 4.69) is 44.4 Å². The first-order valence-electron chi connectivity index (χ1n) is 17.4. The zero-order valence-corrected chi connectivity index (χ0v) is 30.8. The molecule has 1 amide bonds. The maximum Gasteiger partial charge on any atom is 0.262 e. The van der Waals surface area contributed by atoms with Crippen molar-refractivity contribution in [1.82, 2.24) is 19.8 Å². The van der Waals surface area contributed by atoms with Crippen molar-refractivity contribution < 1.29 is 28.5 Å². The highest BCUT2D eigenvalue weighted by Crippen LogP contribution is 2.41. The second kappa shape index (κ2) is 17.7. The molecule has 3 aromatic carbocycles. The smallest absolute Gasteiger partial charge is 0.262 e. The van der Waals surface area contributed by atoms with Gasteiger partial charge in [0, 0.05) is 62.4 Å². The molecule has 272 valence electrons. The summed E-state index contributed by atoms with van der Waals surface area (Å²) >= 11 is 0. The molecule has 2 heterocycles. The molecular weight excluding hydrogens is 648 g/mol. The van der Waals surface area contributed by atoms with Crippen LogP contribution in [0.25, 0.3) is 0 Å². The molecule has 1 aliphatic rings. The first-order valence-corrected chi connectivity index (χ1v) is 17.4. The summed E-state index contributed by atoms with van der Waals surface area (Å²) in [4.78, 5) is 27.7. The molecule has 0 radical (unpaired) electrons. The van der Waals surface area contributed by atoms with Crippen molar-refractivity contribution in [2.75, 3.05) is 78.3 Å². The predicted octanol–water partition coefficient (Wildman–Crippen LogP) is 6.88. The highest BCUT2D eigenvalue weighted by Gasteiger charge is 2.22. The number of para-hydroxylation sites is 1. The summed E-state index contributed by atoms with van der Waals surface area (Å²) in [5.74, 6) is 2.29. The van der Waals surface area contributed by atoms with Gasteiger partial charge in [-0.05, 0) is 62.6 Å². The van der Waals surface area contributed by atoms with E-state index in [1.807, 2.05) is 56.3 Å². The van der Waals surface area contributed by atoms with Gasteiger partial charge in [-0.1, -0.05) is 37.6 Å². The highest BCUT2D eigenvalue weighted by atomic mass is 16.5. The molecule has 5 rings (SSSR count). The van der Waals surface area contributed by atoms with Gasteiger partial charge in [0.05, 0.1) is 27.9 Å². The van der Waals surface area contributed by atoms with Crippen LogP contribution in [0.4, 0.5) is 17.3 Å². The van der Waals surface area contributed by atoms with Gasteiger partial charge in [0.1, 0.15) is 5.56 Å². The van der Waals surface area contributed by atoms with Crippen LogP contribution in [0.1, 0.15) is 46.8 Å². The molecule has 0 bridgehead atoms. The van der Waals surface area contributed by atoms with Crippen molar-refractivity contribution in [1.29, 1.82) is 0 Å². The van der Waals surface area contributed by atoms with Crippen LogP contribution in [0.3, 0.4) is 0 Å². The largest absolute Gasteiger partial charge is 0.493 e. The molecule has 0 unspecified atom stereocenters. The Hall–Kier alpha value is -5.07. The lowest BCUT2D eigenvalue weighted by Gasteiger charge is -2.32. The summed E-state index contributed by atoms with van der Waals surface area (Å²) in [5, 5.41) is 6.26. The van der Waals surface area contributed by atoms with E-state index in [9.17, 15) is 4.79 Å². The fourth-order valence-corrected chi connectivity index (χ4v) is 5.98. The third-order valence-corrected chi connectivity index (χ3v) is 8.86. The first kappa shape index (κ1) is 37.2. The SMILES string of the molecule is CCCc1ccc(Oc2nc(Nc3cc(OC)c(OC)c(OCCCN4CCN(C)CC4)c3)ncc2C(=O)Nc2c(C)cccc2C)c(OC)c1.